The fraction of sp³-hybridized carbons (Fsp3) is 0.0833. The van der Waals surface area contributed by atoms with Crippen molar-refractivity contribution in [2.75, 3.05) is 7.11 Å². The Labute approximate surface area is 102 Å². The summed E-state index contributed by atoms with van der Waals surface area (Å²) in [6.45, 7) is 0. The van der Waals surface area contributed by atoms with Crippen LogP contribution >= 0.6 is 11.6 Å². The molecule has 1 aromatic heterocycles. The third-order valence-corrected chi connectivity index (χ3v) is 2.56. The van der Waals surface area contributed by atoms with Crippen LogP contribution in [0.4, 0.5) is 4.39 Å². The average molecular weight is 254 g/mol. The summed E-state index contributed by atoms with van der Waals surface area (Å²) in [5, 5.41) is 0.392. The van der Waals surface area contributed by atoms with Gasteiger partial charge in [-0.25, -0.2) is 4.39 Å². The Morgan fingerprint density at radius 2 is 2.06 bits per heavy atom. The minimum absolute atomic E-state index is 0.237. The van der Waals surface area contributed by atoms with Gasteiger partial charge in [0.05, 0.1) is 7.11 Å². The molecule has 0 spiro atoms. The standard InChI is InChI=1S/C12H9ClFNO2/c1-17-11-6-15-12(16)5-9(11)8-4-7(13)2-3-10(8)14/h2-6H,1H3,(H,15,16). The second kappa shape index (κ2) is 4.59. The SMILES string of the molecule is COc1c[nH]c(=O)cc1-c1cc(Cl)ccc1F. The fourth-order valence-corrected chi connectivity index (χ4v) is 1.71. The number of nitrogens with one attached hydrogen (secondary N) is 1. The number of aromatic amines is 1. The van der Waals surface area contributed by atoms with E-state index in [-0.39, 0.29) is 11.1 Å². The van der Waals surface area contributed by atoms with E-state index in [2.05, 4.69) is 4.98 Å². The molecule has 17 heavy (non-hydrogen) atoms. The zero-order valence-corrected chi connectivity index (χ0v) is 9.72. The molecule has 0 radical (unpaired) electrons. The molecule has 3 nitrogen and oxygen atoms in total. The van der Waals surface area contributed by atoms with Crippen LogP contribution in [0.25, 0.3) is 11.1 Å². The molecule has 0 unspecified atom stereocenters. The zero-order valence-electron chi connectivity index (χ0n) is 8.96. The van der Waals surface area contributed by atoms with Crippen LogP contribution < -0.4 is 10.3 Å². The van der Waals surface area contributed by atoms with Gasteiger partial charge in [0, 0.05) is 28.4 Å². The quantitative estimate of drug-likeness (QED) is 0.894. The molecule has 0 atom stereocenters. The topological polar surface area (TPSA) is 42.1 Å². The monoisotopic (exact) mass is 253 g/mol. The van der Waals surface area contributed by atoms with E-state index in [0.717, 1.165) is 0 Å². The van der Waals surface area contributed by atoms with Crippen molar-refractivity contribution in [1.82, 2.24) is 4.98 Å². The van der Waals surface area contributed by atoms with Crippen molar-refractivity contribution in [1.29, 1.82) is 0 Å². The van der Waals surface area contributed by atoms with Gasteiger partial charge in [0.1, 0.15) is 11.6 Å². The predicted octanol–water partition coefficient (Wildman–Crippen LogP) is 2.84. The fourth-order valence-electron chi connectivity index (χ4n) is 1.54. The minimum Gasteiger partial charge on any atom is -0.495 e. The zero-order chi connectivity index (χ0) is 12.4. The molecule has 1 heterocycles. The molecule has 5 heteroatoms. The van der Waals surface area contributed by atoms with Crippen LogP contribution in [0.15, 0.2) is 35.3 Å². The molecule has 0 fully saturated rings. The van der Waals surface area contributed by atoms with Crippen LogP contribution in [0, 0.1) is 5.82 Å². The Balaban J connectivity index is 2.70. The van der Waals surface area contributed by atoms with Crippen LogP contribution in [-0.4, -0.2) is 12.1 Å². The smallest absolute Gasteiger partial charge is 0.248 e. The first kappa shape index (κ1) is 11.7. The summed E-state index contributed by atoms with van der Waals surface area (Å²) in [6.07, 6.45) is 1.39. The highest BCUT2D eigenvalue weighted by atomic mass is 35.5. The first-order chi connectivity index (χ1) is 8.11. The Kier molecular flexibility index (Phi) is 3.15. The lowest BCUT2D eigenvalue weighted by Crippen LogP contribution is -2.05. The minimum atomic E-state index is -0.460. The molecule has 0 saturated carbocycles. The first-order valence-corrected chi connectivity index (χ1v) is 5.22. The summed E-state index contributed by atoms with van der Waals surface area (Å²) in [5.41, 5.74) is 0.275. The van der Waals surface area contributed by atoms with Gasteiger partial charge in [-0.15, -0.1) is 0 Å². The molecule has 0 aliphatic heterocycles. The van der Waals surface area contributed by atoms with Crippen molar-refractivity contribution in [2.24, 2.45) is 0 Å². The number of ether oxygens (including phenoxy) is 1. The van der Waals surface area contributed by atoms with Gasteiger partial charge in [0.2, 0.25) is 5.56 Å². The maximum Gasteiger partial charge on any atom is 0.248 e. The van der Waals surface area contributed by atoms with Crippen LogP contribution in [-0.2, 0) is 0 Å². The molecule has 88 valence electrons. The summed E-state index contributed by atoms with van der Waals surface area (Å²) in [7, 11) is 1.44. The van der Waals surface area contributed by atoms with Gasteiger partial charge < -0.3 is 9.72 Å². The molecular formula is C12H9ClFNO2. The number of pyridine rings is 1. The molecule has 0 amide bonds. The normalized spacial score (nSPS) is 10.3. The molecule has 0 aliphatic carbocycles. The van der Waals surface area contributed by atoms with E-state index >= 15 is 0 Å². The maximum atomic E-state index is 13.7. The Bertz CT molecular complexity index is 610. The van der Waals surface area contributed by atoms with Crippen LogP contribution in [0.2, 0.25) is 5.02 Å². The number of methoxy groups -OCH3 is 1. The van der Waals surface area contributed by atoms with Crippen molar-refractivity contribution < 1.29 is 9.13 Å². The third kappa shape index (κ3) is 2.31. The van der Waals surface area contributed by atoms with Gasteiger partial charge in [-0.1, -0.05) is 11.6 Å². The lowest BCUT2D eigenvalue weighted by molar-refractivity contribution is 0.414. The van der Waals surface area contributed by atoms with E-state index in [1.54, 1.807) is 0 Å². The number of H-pyrrole nitrogens is 1. The van der Waals surface area contributed by atoms with Gasteiger partial charge in [-0.3, -0.25) is 4.79 Å². The van der Waals surface area contributed by atoms with Gasteiger partial charge in [-0.05, 0) is 18.2 Å². The van der Waals surface area contributed by atoms with Crippen LogP contribution in [0.5, 0.6) is 5.75 Å². The predicted molar refractivity (Wildman–Crippen MR) is 64.0 cm³/mol. The van der Waals surface area contributed by atoms with Crippen molar-refractivity contribution in [3.8, 4) is 16.9 Å². The summed E-state index contributed by atoms with van der Waals surface area (Å²) < 4.78 is 18.7. The van der Waals surface area contributed by atoms with E-state index in [0.29, 0.717) is 16.3 Å². The Hall–Kier alpha value is -1.81. The highest BCUT2D eigenvalue weighted by molar-refractivity contribution is 6.30. The number of benzene rings is 1. The second-order valence-corrected chi connectivity index (χ2v) is 3.84. The largest absolute Gasteiger partial charge is 0.495 e. The Morgan fingerprint density at radius 3 is 2.76 bits per heavy atom. The molecule has 2 rings (SSSR count). The summed E-state index contributed by atoms with van der Waals surface area (Å²) in [5.74, 6) is -0.0796. The van der Waals surface area contributed by atoms with Crippen LogP contribution in [0.3, 0.4) is 0 Å². The van der Waals surface area contributed by atoms with Crippen molar-refractivity contribution in [2.45, 2.75) is 0 Å². The third-order valence-electron chi connectivity index (χ3n) is 2.32. The molecule has 1 N–H and O–H groups in total. The molecule has 2 aromatic rings. The van der Waals surface area contributed by atoms with Crippen LogP contribution in [0.1, 0.15) is 0 Å². The number of hydrogen-bond donors (Lipinski definition) is 1. The van der Waals surface area contributed by atoms with Gasteiger partial charge in [0.25, 0.3) is 0 Å². The number of aromatic nitrogens is 1. The lowest BCUT2D eigenvalue weighted by Gasteiger charge is -2.08. The summed E-state index contributed by atoms with van der Waals surface area (Å²) in [4.78, 5) is 13.7. The molecule has 1 aromatic carbocycles. The number of halogens is 2. The molecule has 0 saturated heterocycles. The highest BCUT2D eigenvalue weighted by Gasteiger charge is 2.11. The van der Waals surface area contributed by atoms with Crippen molar-refractivity contribution in [3.05, 3.63) is 51.7 Å². The van der Waals surface area contributed by atoms with E-state index < -0.39 is 5.82 Å². The maximum absolute atomic E-state index is 13.7. The average Bonchev–Trinajstić information content (AvgIpc) is 2.32. The summed E-state index contributed by atoms with van der Waals surface area (Å²) >= 11 is 5.81. The molecule has 0 aliphatic rings. The highest BCUT2D eigenvalue weighted by Crippen LogP contribution is 2.31. The van der Waals surface area contributed by atoms with E-state index in [9.17, 15) is 9.18 Å². The molecule has 0 bridgehead atoms. The summed E-state index contributed by atoms with van der Waals surface area (Å²) in [6, 6.07) is 5.42. The molecular weight excluding hydrogens is 245 g/mol. The first-order valence-electron chi connectivity index (χ1n) is 4.84. The van der Waals surface area contributed by atoms with Gasteiger partial charge >= 0.3 is 0 Å². The van der Waals surface area contributed by atoms with Crippen molar-refractivity contribution in [3.63, 3.8) is 0 Å². The van der Waals surface area contributed by atoms with Gasteiger partial charge in [-0.2, -0.15) is 0 Å². The lowest BCUT2D eigenvalue weighted by atomic mass is 10.1. The number of hydrogen-bond acceptors (Lipinski definition) is 2. The van der Waals surface area contributed by atoms with Crippen molar-refractivity contribution >= 4 is 11.6 Å². The van der Waals surface area contributed by atoms with E-state index in [1.165, 1.54) is 37.6 Å². The van der Waals surface area contributed by atoms with Gasteiger partial charge in [0.15, 0.2) is 0 Å². The number of rotatable bonds is 2. The Morgan fingerprint density at radius 1 is 1.29 bits per heavy atom. The van der Waals surface area contributed by atoms with E-state index in [1.807, 2.05) is 0 Å². The second-order valence-electron chi connectivity index (χ2n) is 3.40. The van der Waals surface area contributed by atoms with E-state index in [4.69, 9.17) is 16.3 Å².